The summed E-state index contributed by atoms with van der Waals surface area (Å²) in [4.78, 5) is 4.35. The van der Waals surface area contributed by atoms with Crippen LogP contribution in [-0.4, -0.2) is 18.1 Å². The van der Waals surface area contributed by atoms with Crippen molar-refractivity contribution in [3.63, 3.8) is 0 Å². The maximum atomic E-state index is 5.59. The van der Waals surface area contributed by atoms with Gasteiger partial charge in [0.1, 0.15) is 5.75 Å². The molecule has 3 heteroatoms. The molecule has 0 aromatic carbocycles. The molecule has 1 N–H and O–H groups in total. The summed E-state index contributed by atoms with van der Waals surface area (Å²) in [6.45, 7) is 8.19. The molecule has 3 unspecified atom stereocenters. The van der Waals surface area contributed by atoms with E-state index in [0.29, 0.717) is 12.6 Å². The Balaban J connectivity index is 2.13. The summed E-state index contributed by atoms with van der Waals surface area (Å²) < 4.78 is 5.59. The smallest absolute Gasteiger partial charge is 0.137 e. The Kier molecular flexibility index (Phi) is 5.84. The number of aromatic nitrogens is 1. The molecule has 0 bridgehead atoms. The number of pyridine rings is 1. The second-order valence-corrected chi connectivity index (χ2v) is 5.77. The highest BCUT2D eigenvalue weighted by Gasteiger charge is 2.30. The van der Waals surface area contributed by atoms with Crippen molar-refractivity contribution in [3.8, 4) is 5.75 Å². The van der Waals surface area contributed by atoms with Gasteiger partial charge < -0.3 is 10.1 Å². The highest BCUT2D eigenvalue weighted by atomic mass is 16.5. The van der Waals surface area contributed by atoms with Crippen molar-refractivity contribution in [2.45, 2.75) is 52.5 Å². The quantitative estimate of drug-likeness (QED) is 0.818. The van der Waals surface area contributed by atoms with Gasteiger partial charge in [-0.1, -0.05) is 26.7 Å². The van der Waals surface area contributed by atoms with Crippen LogP contribution in [0.2, 0.25) is 0 Å². The first kappa shape index (κ1) is 15.3. The van der Waals surface area contributed by atoms with Crippen LogP contribution in [0.5, 0.6) is 5.75 Å². The average Bonchev–Trinajstić information content (AvgIpc) is 2.94. The van der Waals surface area contributed by atoms with E-state index < -0.39 is 0 Å². The first-order chi connectivity index (χ1) is 9.78. The van der Waals surface area contributed by atoms with E-state index in [1.807, 2.05) is 13.1 Å². The zero-order valence-corrected chi connectivity index (χ0v) is 13.1. The van der Waals surface area contributed by atoms with Crippen molar-refractivity contribution in [2.75, 3.05) is 13.2 Å². The lowest BCUT2D eigenvalue weighted by Gasteiger charge is -2.25. The van der Waals surface area contributed by atoms with Crippen LogP contribution in [0.25, 0.3) is 0 Å². The normalized spacial score (nSPS) is 23.8. The fourth-order valence-corrected chi connectivity index (χ4v) is 3.42. The van der Waals surface area contributed by atoms with Gasteiger partial charge in [0.25, 0.3) is 0 Å². The molecule has 1 aromatic heterocycles. The minimum Gasteiger partial charge on any atom is -0.492 e. The van der Waals surface area contributed by atoms with Crippen LogP contribution in [0.15, 0.2) is 18.5 Å². The molecule has 0 aliphatic heterocycles. The van der Waals surface area contributed by atoms with Crippen LogP contribution in [0.3, 0.4) is 0 Å². The van der Waals surface area contributed by atoms with Crippen molar-refractivity contribution >= 4 is 0 Å². The SMILES string of the molecule is CCNC(c1cncc(OCC)c1)C1CCC(CC)C1. The monoisotopic (exact) mass is 276 g/mol. The van der Waals surface area contributed by atoms with Crippen LogP contribution in [0, 0.1) is 11.8 Å². The molecule has 1 aromatic rings. The van der Waals surface area contributed by atoms with Crippen LogP contribution in [0.1, 0.15) is 58.1 Å². The Hall–Kier alpha value is -1.09. The van der Waals surface area contributed by atoms with Gasteiger partial charge in [-0.25, -0.2) is 0 Å². The average molecular weight is 276 g/mol. The van der Waals surface area contributed by atoms with Crippen LogP contribution < -0.4 is 10.1 Å². The molecular formula is C17H28N2O. The van der Waals surface area contributed by atoms with E-state index in [2.05, 4.69) is 30.2 Å². The fraction of sp³-hybridized carbons (Fsp3) is 0.706. The molecule has 1 fully saturated rings. The van der Waals surface area contributed by atoms with E-state index in [-0.39, 0.29) is 0 Å². The standard InChI is InChI=1S/C17H28N2O/c1-4-13-7-8-14(9-13)17(19-5-2)15-10-16(20-6-3)12-18-11-15/h10-14,17,19H,4-9H2,1-3H3. The van der Waals surface area contributed by atoms with Gasteiger partial charge in [-0.15, -0.1) is 0 Å². The number of hydrogen-bond donors (Lipinski definition) is 1. The zero-order valence-electron chi connectivity index (χ0n) is 13.1. The number of hydrogen-bond acceptors (Lipinski definition) is 3. The third-order valence-corrected chi connectivity index (χ3v) is 4.46. The Morgan fingerprint density at radius 1 is 1.30 bits per heavy atom. The summed E-state index contributed by atoms with van der Waals surface area (Å²) in [5.74, 6) is 2.53. The number of nitrogens with one attached hydrogen (secondary N) is 1. The van der Waals surface area contributed by atoms with Crippen LogP contribution in [0.4, 0.5) is 0 Å². The van der Waals surface area contributed by atoms with Gasteiger partial charge in [-0.3, -0.25) is 4.98 Å². The van der Waals surface area contributed by atoms with Gasteiger partial charge in [0, 0.05) is 12.2 Å². The highest BCUT2D eigenvalue weighted by Crippen LogP contribution is 2.40. The highest BCUT2D eigenvalue weighted by molar-refractivity contribution is 5.26. The van der Waals surface area contributed by atoms with Gasteiger partial charge in [0.05, 0.1) is 12.8 Å². The molecule has 3 atom stereocenters. The van der Waals surface area contributed by atoms with Crippen LogP contribution in [-0.2, 0) is 0 Å². The number of ether oxygens (including phenoxy) is 1. The van der Waals surface area contributed by atoms with Crippen LogP contribution >= 0.6 is 0 Å². The second-order valence-electron chi connectivity index (χ2n) is 5.77. The van der Waals surface area contributed by atoms with E-state index in [0.717, 1.165) is 24.1 Å². The molecule has 0 radical (unpaired) electrons. The van der Waals surface area contributed by atoms with Gasteiger partial charge in [0.2, 0.25) is 0 Å². The van der Waals surface area contributed by atoms with E-state index in [1.54, 1.807) is 6.20 Å². The second kappa shape index (κ2) is 7.63. The van der Waals surface area contributed by atoms with Gasteiger partial charge >= 0.3 is 0 Å². The maximum Gasteiger partial charge on any atom is 0.137 e. The lowest BCUT2D eigenvalue weighted by Crippen LogP contribution is -2.27. The molecule has 0 spiro atoms. The predicted molar refractivity (Wildman–Crippen MR) is 82.9 cm³/mol. The first-order valence-electron chi connectivity index (χ1n) is 8.09. The van der Waals surface area contributed by atoms with E-state index in [1.165, 1.54) is 31.2 Å². The third-order valence-electron chi connectivity index (χ3n) is 4.46. The van der Waals surface area contributed by atoms with Gasteiger partial charge in [-0.2, -0.15) is 0 Å². The van der Waals surface area contributed by atoms with Gasteiger partial charge in [0.15, 0.2) is 0 Å². The summed E-state index contributed by atoms with van der Waals surface area (Å²) in [7, 11) is 0. The summed E-state index contributed by atoms with van der Waals surface area (Å²) in [5.41, 5.74) is 1.28. The van der Waals surface area contributed by atoms with Crippen molar-refractivity contribution in [2.24, 2.45) is 11.8 Å². The predicted octanol–water partition coefficient (Wildman–Crippen LogP) is 3.96. The number of nitrogens with zero attached hydrogens (tertiary/aromatic N) is 1. The Morgan fingerprint density at radius 2 is 2.15 bits per heavy atom. The molecule has 1 heterocycles. The zero-order chi connectivity index (χ0) is 14.4. The topological polar surface area (TPSA) is 34.2 Å². The lowest BCUT2D eigenvalue weighted by molar-refractivity contribution is 0.332. The molecule has 112 valence electrons. The van der Waals surface area contributed by atoms with Crippen molar-refractivity contribution in [1.82, 2.24) is 10.3 Å². The minimum atomic E-state index is 0.421. The molecule has 0 amide bonds. The van der Waals surface area contributed by atoms with Crippen molar-refractivity contribution in [3.05, 3.63) is 24.0 Å². The summed E-state index contributed by atoms with van der Waals surface area (Å²) in [6.07, 6.45) is 9.16. The third kappa shape index (κ3) is 3.72. The molecule has 2 rings (SSSR count). The lowest BCUT2D eigenvalue weighted by atomic mass is 9.91. The molecule has 1 aliphatic rings. The summed E-state index contributed by atoms with van der Waals surface area (Å²) in [5, 5.41) is 3.66. The summed E-state index contributed by atoms with van der Waals surface area (Å²) >= 11 is 0. The number of rotatable bonds is 7. The minimum absolute atomic E-state index is 0.421. The molecular weight excluding hydrogens is 248 g/mol. The Morgan fingerprint density at radius 3 is 2.80 bits per heavy atom. The van der Waals surface area contributed by atoms with Gasteiger partial charge in [-0.05, 0) is 49.8 Å². The summed E-state index contributed by atoms with van der Waals surface area (Å²) in [6, 6.07) is 2.58. The van der Waals surface area contributed by atoms with Crippen molar-refractivity contribution < 1.29 is 4.74 Å². The molecule has 1 aliphatic carbocycles. The Labute approximate surface area is 123 Å². The molecule has 20 heavy (non-hydrogen) atoms. The molecule has 0 saturated heterocycles. The molecule has 1 saturated carbocycles. The first-order valence-corrected chi connectivity index (χ1v) is 8.09. The largest absolute Gasteiger partial charge is 0.492 e. The van der Waals surface area contributed by atoms with E-state index in [9.17, 15) is 0 Å². The Bertz CT molecular complexity index is 408. The van der Waals surface area contributed by atoms with E-state index in [4.69, 9.17) is 4.74 Å². The molecule has 3 nitrogen and oxygen atoms in total. The maximum absolute atomic E-state index is 5.59. The van der Waals surface area contributed by atoms with Crippen molar-refractivity contribution in [1.29, 1.82) is 0 Å². The van der Waals surface area contributed by atoms with E-state index >= 15 is 0 Å². The fourth-order valence-electron chi connectivity index (χ4n) is 3.42.